The summed E-state index contributed by atoms with van der Waals surface area (Å²) in [6, 6.07) is 16.9. The molecule has 0 saturated heterocycles. The van der Waals surface area contributed by atoms with Gasteiger partial charge in [-0.05, 0) is 50.8 Å². The quantitative estimate of drug-likeness (QED) is 0.645. The van der Waals surface area contributed by atoms with E-state index in [2.05, 4.69) is 27.9 Å². The van der Waals surface area contributed by atoms with Gasteiger partial charge in [0, 0.05) is 16.8 Å². The van der Waals surface area contributed by atoms with E-state index in [1.54, 1.807) is 13.0 Å². The summed E-state index contributed by atoms with van der Waals surface area (Å²) in [6.07, 6.45) is 4.68. The molecule has 2 aromatic carbocycles. The van der Waals surface area contributed by atoms with Gasteiger partial charge in [-0.2, -0.15) is 5.10 Å². The van der Waals surface area contributed by atoms with E-state index in [4.69, 9.17) is 0 Å². The Bertz CT molecular complexity index is 1070. The number of carbonyl (C=O) groups excluding carboxylic acids is 2. The van der Waals surface area contributed by atoms with E-state index >= 15 is 0 Å². The third-order valence-corrected chi connectivity index (χ3v) is 5.78. The van der Waals surface area contributed by atoms with E-state index < -0.39 is 6.04 Å². The van der Waals surface area contributed by atoms with Crippen molar-refractivity contribution < 1.29 is 9.59 Å². The van der Waals surface area contributed by atoms with E-state index in [1.165, 1.54) is 11.3 Å². The lowest BCUT2D eigenvalue weighted by Crippen LogP contribution is -2.46. The van der Waals surface area contributed by atoms with Crippen LogP contribution in [0.25, 0.3) is 0 Å². The summed E-state index contributed by atoms with van der Waals surface area (Å²) in [6.45, 7) is 4.37. The maximum Gasteiger partial charge on any atom is 0.251 e. The van der Waals surface area contributed by atoms with Crippen LogP contribution in [-0.2, 0) is 17.8 Å². The van der Waals surface area contributed by atoms with Crippen LogP contribution in [0.1, 0.15) is 58.5 Å². The van der Waals surface area contributed by atoms with Crippen molar-refractivity contribution in [2.45, 2.75) is 51.7 Å². The van der Waals surface area contributed by atoms with Gasteiger partial charge in [0.25, 0.3) is 5.91 Å². The van der Waals surface area contributed by atoms with Crippen molar-refractivity contribution in [3.05, 3.63) is 88.7 Å². The highest BCUT2D eigenvalue weighted by atomic mass is 16.2. The highest BCUT2D eigenvalue weighted by molar-refractivity contribution is 5.97. The van der Waals surface area contributed by atoms with E-state index in [0.29, 0.717) is 5.56 Å². The number of carbonyl (C=O) groups is 2. The van der Waals surface area contributed by atoms with E-state index in [9.17, 15) is 9.59 Å². The zero-order valence-corrected chi connectivity index (χ0v) is 18.0. The Labute approximate surface area is 182 Å². The number of hydrogen-bond donors (Lipinski definition) is 2. The SMILES string of the molecule is Cc1cccc(C(=O)NC(C)C(=O)NC2CCCc3c2cnn3Cc2ccccc2)c1. The first-order valence-corrected chi connectivity index (χ1v) is 10.8. The Morgan fingerprint density at radius 3 is 2.74 bits per heavy atom. The molecule has 0 radical (unpaired) electrons. The largest absolute Gasteiger partial charge is 0.347 e. The topological polar surface area (TPSA) is 76.0 Å². The summed E-state index contributed by atoms with van der Waals surface area (Å²) >= 11 is 0. The molecule has 0 spiro atoms. The predicted octanol–water partition coefficient (Wildman–Crippen LogP) is 3.55. The van der Waals surface area contributed by atoms with Gasteiger partial charge in [0.1, 0.15) is 6.04 Å². The fourth-order valence-corrected chi connectivity index (χ4v) is 4.09. The van der Waals surface area contributed by atoms with E-state index in [1.807, 2.05) is 54.2 Å². The molecule has 0 bridgehead atoms. The van der Waals surface area contributed by atoms with E-state index in [0.717, 1.165) is 36.9 Å². The first kappa shape index (κ1) is 20.8. The number of aromatic nitrogens is 2. The fourth-order valence-electron chi connectivity index (χ4n) is 4.09. The number of hydrogen-bond acceptors (Lipinski definition) is 3. The maximum atomic E-state index is 12.8. The smallest absolute Gasteiger partial charge is 0.251 e. The molecule has 1 aromatic heterocycles. The number of aryl methyl sites for hydroxylation is 1. The van der Waals surface area contributed by atoms with Crippen LogP contribution < -0.4 is 10.6 Å². The summed E-state index contributed by atoms with van der Waals surface area (Å²) in [5.74, 6) is -0.430. The van der Waals surface area contributed by atoms with Crippen molar-refractivity contribution in [1.29, 1.82) is 0 Å². The fraction of sp³-hybridized carbons (Fsp3) is 0.320. The minimum absolute atomic E-state index is 0.0842. The molecule has 6 nitrogen and oxygen atoms in total. The lowest BCUT2D eigenvalue weighted by molar-refractivity contribution is -0.123. The average Bonchev–Trinajstić information content (AvgIpc) is 3.18. The molecular formula is C25H28N4O2. The molecule has 3 aromatic rings. The number of fused-ring (bicyclic) bond motifs is 1. The predicted molar refractivity (Wildman–Crippen MR) is 120 cm³/mol. The highest BCUT2D eigenvalue weighted by Gasteiger charge is 2.27. The van der Waals surface area contributed by atoms with Crippen molar-refractivity contribution in [3.8, 4) is 0 Å². The first-order chi connectivity index (χ1) is 15.0. The molecular weight excluding hydrogens is 388 g/mol. The van der Waals surface area contributed by atoms with Gasteiger partial charge in [-0.3, -0.25) is 14.3 Å². The van der Waals surface area contributed by atoms with Crippen LogP contribution in [0, 0.1) is 6.92 Å². The summed E-state index contributed by atoms with van der Waals surface area (Å²) in [4.78, 5) is 25.3. The van der Waals surface area contributed by atoms with Crippen LogP contribution in [0.3, 0.4) is 0 Å². The van der Waals surface area contributed by atoms with Crippen molar-refractivity contribution in [1.82, 2.24) is 20.4 Å². The first-order valence-electron chi connectivity index (χ1n) is 10.8. The molecule has 1 aliphatic carbocycles. The molecule has 1 heterocycles. The minimum atomic E-state index is -0.627. The molecule has 2 atom stereocenters. The van der Waals surface area contributed by atoms with Crippen LogP contribution in [0.2, 0.25) is 0 Å². The Morgan fingerprint density at radius 2 is 1.97 bits per heavy atom. The highest BCUT2D eigenvalue weighted by Crippen LogP contribution is 2.30. The van der Waals surface area contributed by atoms with Gasteiger partial charge in [-0.1, -0.05) is 48.0 Å². The number of nitrogens with zero attached hydrogens (tertiary/aromatic N) is 2. The van der Waals surface area contributed by atoms with Crippen molar-refractivity contribution in [2.75, 3.05) is 0 Å². The lowest BCUT2D eigenvalue weighted by atomic mass is 9.92. The van der Waals surface area contributed by atoms with Crippen molar-refractivity contribution in [3.63, 3.8) is 0 Å². The summed E-state index contributed by atoms with van der Waals surface area (Å²) in [5.41, 5.74) is 5.02. The molecule has 0 aliphatic heterocycles. The van der Waals surface area contributed by atoms with Crippen LogP contribution >= 0.6 is 0 Å². The van der Waals surface area contributed by atoms with Crippen LogP contribution in [-0.4, -0.2) is 27.6 Å². The zero-order valence-electron chi connectivity index (χ0n) is 18.0. The normalized spacial score (nSPS) is 16.3. The molecule has 2 amide bonds. The molecule has 31 heavy (non-hydrogen) atoms. The Balaban J connectivity index is 1.41. The summed E-state index contributed by atoms with van der Waals surface area (Å²) in [7, 11) is 0. The van der Waals surface area contributed by atoms with Gasteiger partial charge >= 0.3 is 0 Å². The minimum Gasteiger partial charge on any atom is -0.347 e. The molecule has 1 aliphatic rings. The van der Waals surface area contributed by atoms with Crippen LogP contribution in [0.15, 0.2) is 60.8 Å². The van der Waals surface area contributed by atoms with Gasteiger partial charge < -0.3 is 10.6 Å². The second-order valence-corrected chi connectivity index (χ2v) is 8.21. The van der Waals surface area contributed by atoms with E-state index in [-0.39, 0.29) is 17.9 Å². The monoisotopic (exact) mass is 416 g/mol. The number of nitrogens with one attached hydrogen (secondary N) is 2. The second-order valence-electron chi connectivity index (χ2n) is 8.21. The Hall–Kier alpha value is -3.41. The average molecular weight is 417 g/mol. The Kier molecular flexibility index (Phi) is 6.16. The molecule has 0 fully saturated rings. The van der Waals surface area contributed by atoms with Gasteiger partial charge in [-0.15, -0.1) is 0 Å². The molecule has 160 valence electrons. The molecule has 0 saturated carbocycles. The number of benzene rings is 2. The van der Waals surface area contributed by atoms with Gasteiger partial charge in [0.05, 0.1) is 18.8 Å². The second kappa shape index (κ2) is 9.16. The molecule has 2 N–H and O–H groups in total. The van der Waals surface area contributed by atoms with Crippen LogP contribution in [0.4, 0.5) is 0 Å². The molecule has 2 unspecified atom stereocenters. The van der Waals surface area contributed by atoms with Crippen molar-refractivity contribution in [2.24, 2.45) is 0 Å². The summed E-state index contributed by atoms with van der Waals surface area (Å²) < 4.78 is 2.03. The van der Waals surface area contributed by atoms with Gasteiger partial charge in [-0.25, -0.2) is 0 Å². The number of amides is 2. The third-order valence-electron chi connectivity index (χ3n) is 5.78. The van der Waals surface area contributed by atoms with Gasteiger partial charge in [0.15, 0.2) is 0 Å². The molecule has 6 heteroatoms. The summed E-state index contributed by atoms with van der Waals surface area (Å²) in [5, 5.41) is 10.5. The Morgan fingerprint density at radius 1 is 1.16 bits per heavy atom. The number of rotatable bonds is 6. The third kappa shape index (κ3) is 4.85. The molecule has 4 rings (SSSR count). The zero-order chi connectivity index (χ0) is 21.8. The standard InChI is InChI=1S/C25H28N4O2/c1-17-8-6-11-20(14-17)25(31)27-18(2)24(30)28-22-12-7-13-23-21(22)15-26-29(23)16-19-9-4-3-5-10-19/h3-6,8-11,14-15,18,22H,7,12-13,16H2,1-2H3,(H,27,31)(H,28,30). The lowest BCUT2D eigenvalue weighted by Gasteiger charge is -2.26. The van der Waals surface area contributed by atoms with Crippen LogP contribution in [0.5, 0.6) is 0 Å². The maximum absolute atomic E-state index is 12.8. The van der Waals surface area contributed by atoms with Crippen molar-refractivity contribution >= 4 is 11.8 Å². The van der Waals surface area contributed by atoms with Gasteiger partial charge in [0.2, 0.25) is 5.91 Å².